The predicted molar refractivity (Wildman–Crippen MR) is 85.4 cm³/mol. The number of amides is 1. The molecule has 1 amide bonds. The van der Waals surface area contributed by atoms with E-state index in [0.717, 1.165) is 21.9 Å². The maximum Gasteiger partial charge on any atom is 0.251 e. The molecule has 2 aromatic carbocycles. The number of nitrogens with one attached hydrogen (secondary N) is 1. The second kappa shape index (κ2) is 6.64. The molecule has 4 heteroatoms. The van der Waals surface area contributed by atoms with Gasteiger partial charge in [0, 0.05) is 17.1 Å². The Kier molecular flexibility index (Phi) is 4.86. The molecule has 0 unspecified atom stereocenters. The fourth-order valence-corrected chi connectivity index (χ4v) is 2.17. The zero-order valence-corrected chi connectivity index (χ0v) is 13.1. The Hall–Kier alpha value is -2.00. The van der Waals surface area contributed by atoms with E-state index in [1.165, 1.54) is 0 Å². The molecule has 0 aliphatic rings. The van der Waals surface area contributed by atoms with Gasteiger partial charge in [0.15, 0.2) is 0 Å². The summed E-state index contributed by atoms with van der Waals surface area (Å²) < 4.78 is 5.88. The van der Waals surface area contributed by atoms with Gasteiger partial charge in [0.25, 0.3) is 5.91 Å². The number of benzene rings is 2. The average molecular weight is 304 g/mol. The highest BCUT2D eigenvalue weighted by Crippen LogP contribution is 2.30. The SMILES string of the molecule is CCNC(=O)c1cccc(Oc2cc(C)c(Cl)cc2C)c1. The predicted octanol–water partition coefficient (Wildman–Crippen LogP) is 4.50. The molecule has 0 heterocycles. The van der Waals surface area contributed by atoms with Gasteiger partial charge in [-0.15, -0.1) is 0 Å². The molecular formula is C17H18ClNO2. The lowest BCUT2D eigenvalue weighted by molar-refractivity contribution is 0.0955. The fourth-order valence-electron chi connectivity index (χ4n) is 1.95. The van der Waals surface area contributed by atoms with Crippen LogP contribution in [0, 0.1) is 13.8 Å². The van der Waals surface area contributed by atoms with Gasteiger partial charge in [-0.2, -0.15) is 0 Å². The summed E-state index contributed by atoms with van der Waals surface area (Å²) in [6.07, 6.45) is 0. The summed E-state index contributed by atoms with van der Waals surface area (Å²) in [5, 5.41) is 3.49. The minimum atomic E-state index is -0.105. The van der Waals surface area contributed by atoms with Gasteiger partial charge in [-0.25, -0.2) is 0 Å². The summed E-state index contributed by atoms with van der Waals surface area (Å²) in [7, 11) is 0. The molecule has 1 N–H and O–H groups in total. The van der Waals surface area contributed by atoms with Crippen molar-refractivity contribution in [3.63, 3.8) is 0 Å². The Balaban J connectivity index is 2.26. The number of carbonyl (C=O) groups excluding carboxylic acids is 1. The molecule has 2 rings (SSSR count). The van der Waals surface area contributed by atoms with E-state index in [1.54, 1.807) is 18.2 Å². The number of carbonyl (C=O) groups is 1. The van der Waals surface area contributed by atoms with Crippen molar-refractivity contribution in [1.29, 1.82) is 0 Å². The summed E-state index contributed by atoms with van der Waals surface area (Å²) >= 11 is 6.08. The van der Waals surface area contributed by atoms with Crippen molar-refractivity contribution in [3.8, 4) is 11.5 Å². The Morgan fingerprint density at radius 1 is 1.19 bits per heavy atom. The van der Waals surface area contributed by atoms with Gasteiger partial charge in [0.1, 0.15) is 11.5 Å². The van der Waals surface area contributed by atoms with Crippen LogP contribution in [0.1, 0.15) is 28.4 Å². The Labute approximate surface area is 129 Å². The molecule has 0 spiro atoms. The van der Waals surface area contributed by atoms with E-state index >= 15 is 0 Å². The van der Waals surface area contributed by atoms with E-state index in [-0.39, 0.29) is 5.91 Å². The normalized spacial score (nSPS) is 10.3. The summed E-state index contributed by atoms with van der Waals surface area (Å²) in [5.74, 6) is 1.26. The first-order valence-corrected chi connectivity index (χ1v) is 7.22. The molecule has 2 aromatic rings. The first-order chi connectivity index (χ1) is 10.0. The Morgan fingerprint density at radius 2 is 1.95 bits per heavy atom. The third-order valence-corrected chi connectivity index (χ3v) is 3.52. The number of ether oxygens (including phenoxy) is 1. The highest BCUT2D eigenvalue weighted by atomic mass is 35.5. The number of hydrogen-bond acceptors (Lipinski definition) is 2. The van der Waals surface area contributed by atoms with Gasteiger partial charge in [0.05, 0.1) is 0 Å². The fraction of sp³-hybridized carbons (Fsp3) is 0.235. The monoisotopic (exact) mass is 303 g/mol. The van der Waals surface area contributed by atoms with Crippen LogP contribution in [-0.2, 0) is 0 Å². The minimum absolute atomic E-state index is 0.105. The molecule has 0 saturated carbocycles. The van der Waals surface area contributed by atoms with Crippen LogP contribution in [0.3, 0.4) is 0 Å². The molecule has 0 saturated heterocycles. The van der Waals surface area contributed by atoms with Crippen LogP contribution >= 0.6 is 11.6 Å². The molecule has 110 valence electrons. The molecule has 0 fully saturated rings. The Bertz CT molecular complexity index is 668. The zero-order chi connectivity index (χ0) is 15.4. The summed E-state index contributed by atoms with van der Waals surface area (Å²) in [6, 6.07) is 10.9. The van der Waals surface area contributed by atoms with E-state index in [2.05, 4.69) is 5.32 Å². The molecule has 0 atom stereocenters. The maximum atomic E-state index is 11.8. The van der Waals surface area contributed by atoms with E-state index in [9.17, 15) is 4.79 Å². The average Bonchev–Trinajstić information content (AvgIpc) is 2.45. The van der Waals surface area contributed by atoms with Crippen molar-refractivity contribution in [2.45, 2.75) is 20.8 Å². The molecule has 0 bridgehead atoms. The van der Waals surface area contributed by atoms with Gasteiger partial charge in [-0.1, -0.05) is 17.7 Å². The molecular weight excluding hydrogens is 286 g/mol. The van der Waals surface area contributed by atoms with Gasteiger partial charge in [0.2, 0.25) is 0 Å². The van der Waals surface area contributed by atoms with E-state index in [4.69, 9.17) is 16.3 Å². The van der Waals surface area contributed by atoms with Crippen molar-refractivity contribution >= 4 is 17.5 Å². The van der Waals surface area contributed by atoms with Crippen LogP contribution in [0.25, 0.3) is 0 Å². The van der Waals surface area contributed by atoms with Gasteiger partial charge in [-0.3, -0.25) is 4.79 Å². The zero-order valence-electron chi connectivity index (χ0n) is 12.4. The number of halogens is 1. The lowest BCUT2D eigenvalue weighted by Gasteiger charge is -2.11. The minimum Gasteiger partial charge on any atom is -0.457 e. The third-order valence-electron chi connectivity index (χ3n) is 3.12. The highest BCUT2D eigenvalue weighted by molar-refractivity contribution is 6.31. The topological polar surface area (TPSA) is 38.3 Å². The third kappa shape index (κ3) is 3.76. The largest absolute Gasteiger partial charge is 0.457 e. The molecule has 0 radical (unpaired) electrons. The lowest BCUT2D eigenvalue weighted by atomic mass is 10.1. The number of rotatable bonds is 4. The van der Waals surface area contributed by atoms with Crippen LogP contribution in [0.15, 0.2) is 36.4 Å². The Morgan fingerprint density at radius 3 is 2.67 bits per heavy atom. The van der Waals surface area contributed by atoms with E-state index in [0.29, 0.717) is 17.9 Å². The first kappa shape index (κ1) is 15.4. The molecule has 0 aliphatic carbocycles. The molecule has 0 aromatic heterocycles. The van der Waals surface area contributed by atoms with Crippen molar-refractivity contribution in [1.82, 2.24) is 5.32 Å². The van der Waals surface area contributed by atoms with Gasteiger partial charge >= 0.3 is 0 Å². The summed E-state index contributed by atoms with van der Waals surface area (Å²) in [6.45, 7) is 6.35. The van der Waals surface area contributed by atoms with Crippen molar-refractivity contribution in [2.75, 3.05) is 6.54 Å². The maximum absolute atomic E-state index is 11.8. The standard InChI is InChI=1S/C17H18ClNO2/c1-4-19-17(20)13-6-5-7-14(10-13)21-16-9-11(2)15(18)8-12(16)3/h5-10H,4H2,1-3H3,(H,19,20). The highest BCUT2D eigenvalue weighted by Gasteiger charge is 2.08. The quantitative estimate of drug-likeness (QED) is 0.903. The van der Waals surface area contributed by atoms with Gasteiger partial charge in [-0.05, 0) is 62.2 Å². The van der Waals surface area contributed by atoms with E-state index in [1.807, 2.05) is 39.0 Å². The van der Waals surface area contributed by atoms with Crippen LogP contribution in [0.4, 0.5) is 0 Å². The number of aryl methyl sites for hydroxylation is 2. The van der Waals surface area contributed by atoms with Crippen LogP contribution in [0.2, 0.25) is 5.02 Å². The second-order valence-electron chi connectivity index (χ2n) is 4.86. The van der Waals surface area contributed by atoms with Crippen LogP contribution < -0.4 is 10.1 Å². The van der Waals surface area contributed by atoms with Crippen LogP contribution in [0.5, 0.6) is 11.5 Å². The van der Waals surface area contributed by atoms with E-state index < -0.39 is 0 Å². The number of hydrogen-bond donors (Lipinski definition) is 1. The van der Waals surface area contributed by atoms with Gasteiger partial charge < -0.3 is 10.1 Å². The summed E-state index contributed by atoms with van der Waals surface area (Å²) in [5.41, 5.74) is 2.49. The smallest absolute Gasteiger partial charge is 0.251 e. The molecule has 3 nitrogen and oxygen atoms in total. The summed E-state index contributed by atoms with van der Waals surface area (Å²) in [4.78, 5) is 11.8. The van der Waals surface area contributed by atoms with Crippen molar-refractivity contribution < 1.29 is 9.53 Å². The molecule has 21 heavy (non-hydrogen) atoms. The molecule has 0 aliphatic heterocycles. The first-order valence-electron chi connectivity index (χ1n) is 6.84. The lowest BCUT2D eigenvalue weighted by Crippen LogP contribution is -2.22. The second-order valence-corrected chi connectivity index (χ2v) is 5.26. The van der Waals surface area contributed by atoms with Crippen molar-refractivity contribution in [3.05, 3.63) is 58.1 Å². The van der Waals surface area contributed by atoms with Crippen molar-refractivity contribution in [2.24, 2.45) is 0 Å². The van der Waals surface area contributed by atoms with Crippen LogP contribution in [-0.4, -0.2) is 12.5 Å².